The van der Waals surface area contributed by atoms with E-state index in [0.29, 0.717) is 6.29 Å². The molecular formula is C13H9F4NO4. The zero-order valence-corrected chi connectivity index (χ0v) is 10.9. The summed E-state index contributed by atoms with van der Waals surface area (Å²) in [6, 6.07) is -0.0262. The number of nitrogens with one attached hydrogen (secondary N) is 1. The Labute approximate surface area is 121 Å². The summed E-state index contributed by atoms with van der Waals surface area (Å²) >= 11 is 0. The molecule has 0 spiro atoms. The van der Waals surface area contributed by atoms with Crippen LogP contribution in [0.25, 0.3) is 0 Å². The summed E-state index contributed by atoms with van der Waals surface area (Å²) in [5.41, 5.74) is 0. The Hall–Kier alpha value is -2.71. The van der Waals surface area contributed by atoms with Crippen LogP contribution in [0.2, 0.25) is 0 Å². The molecule has 0 atom stereocenters. The number of benzene rings is 1. The van der Waals surface area contributed by atoms with Crippen LogP contribution >= 0.6 is 0 Å². The molecule has 9 heteroatoms. The highest BCUT2D eigenvalue weighted by molar-refractivity contribution is 5.91. The monoisotopic (exact) mass is 319 g/mol. The zero-order chi connectivity index (χ0) is 16.7. The average Bonchev–Trinajstić information content (AvgIpc) is 2.47. The van der Waals surface area contributed by atoms with Crippen molar-refractivity contribution in [3.05, 3.63) is 41.5 Å². The van der Waals surface area contributed by atoms with Crippen molar-refractivity contribution in [2.75, 3.05) is 6.54 Å². The topological polar surface area (TPSA) is 72.5 Å². The average molecular weight is 319 g/mol. The number of allylic oxidation sites excluding steroid dienone is 1. The third kappa shape index (κ3) is 4.69. The first-order valence-electron chi connectivity index (χ1n) is 5.80. The molecule has 0 aliphatic rings. The fraction of sp³-hybridized carbons (Fsp3) is 0.154. The fourth-order valence-corrected chi connectivity index (χ4v) is 1.28. The van der Waals surface area contributed by atoms with Gasteiger partial charge in [0.1, 0.15) is 6.29 Å². The quantitative estimate of drug-likeness (QED) is 0.215. The maximum absolute atomic E-state index is 13.2. The molecule has 118 valence electrons. The minimum absolute atomic E-state index is 0.0262. The van der Waals surface area contributed by atoms with E-state index in [2.05, 4.69) is 10.1 Å². The first kappa shape index (κ1) is 17.3. The molecule has 0 unspecified atom stereocenters. The van der Waals surface area contributed by atoms with Gasteiger partial charge in [-0.05, 0) is 6.08 Å². The van der Waals surface area contributed by atoms with Crippen LogP contribution in [0, 0.1) is 23.3 Å². The summed E-state index contributed by atoms with van der Waals surface area (Å²) < 4.78 is 56.4. The molecule has 1 amide bonds. The van der Waals surface area contributed by atoms with Gasteiger partial charge >= 0.3 is 5.97 Å². The Balaban J connectivity index is 2.61. The molecule has 0 bridgehead atoms. The first-order chi connectivity index (χ1) is 10.4. The second-order valence-electron chi connectivity index (χ2n) is 3.81. The maximum atomic E-state index is 13.2. The largest absolute Gasteiger partial charge is 0.420 e. The van der Waals surface area contributed by atoms with Crippen molar-refractivity contribution in [1.82, 2.24) is 5.32 Å². The molecule has 1 rings (SSSR count). The van der Waals surface area contributed by atoms with E-state index in [0.717, 1.165) is 12.2 Å². The number of aldehydes is 1. The Kier molecular flexibility index (Phi) is 6.24. The summed E-state index contributed by atoms with van der Waals surface area (Å²) in [4.78, 5) is 32.3. The van der Waals surface area contributed by atoms with Crippen LogP contribution < -0.4 is 10.1 Å². The minimum atomic E-state index is -1.84. The van der Waals surface area contributed by atoms with Gasteiger partial charge < -0.3 is 10.1 Å². The van der Waals surface area contributed by atoms with Gasteiger partial charge in [-0.2, -0.15) is 8.78 Å². The van der Waals surface area contributed by atoms with Crippen molar-refractivity contribution in [1.29, 1.82) is 0 Å². The number of carbonyl (C=O) groups is 3. The number of rotatable bonds is 6. The van der Waals surface area contributed by atoms with E-state index in [4.69, 9.17) is 0 Å². The van der Waals surface area contributed by atoms with Gasteiger partial charge in [0.2, 0.25) is 23.3 Å². The molecule has 0 radical (unpaired) electrons. The number of esters is 1. The first-order valence-corrected chi connectivity index (χ1v) is 5.80. The molecule has 0 aliphatic heterocycles. The van der Waals surface area contributed by atoms with Crippen LogP contribution in [-0.4, -0.2) is 24.7 Å². The highest BCUT2D eigenvalue weighted by Gasteiger charge is 2.22. The minimum Gasteiger partial charge on any atom is -0.420 e. The van der Waals surface area contributed by atoms with Crippen molar-refractivity contribution in [3.63, 3.8) is 0 Å². The summed E-state index contributed by atoms with van der Waals surface area (Å²) in [6.07, 6.45) is 1.64. The van der Waals surface area contributed by atoms with Crippen LogP contribution in [0.5, 0.6) is 5.75 Å². The van der Waals surface area contributed by atoms with Crippen molar-refractivity contribution in [2.24, 2.45) is 0 Å². The molecular weight excluding hydrogens is 310 g/mol. The Bertz CT molecular complexity index is 605. The van der Waals surface area contributed by atoms with Crippen LogP contribution in [0.1, 0.15) is 6.42 Å². The normalized spacial score (nSPS) is 10.5. The number of halogens is 4. The van der Waals surface area contributed by atoms with Crippen molar-refractivity contribution in [3.8, 4) is 5.75 Å². The highest BCUT2D eigenvalue weighted by atomic mass is 19.2. The van der Waals surface area contributed by atoms with Gasteiger partial charge in [0.15, 0.2) is 11.6 Å². The van der Waals surface area contributed by atoms with E-state index in [-0.39, 0.29) is 12.6 Å². The molecule has 5 nitrogen and oxygen atoms in total. The summed E-state index contributed by atoms with van der Waals surface area (Å²) in [5, 5.41) is 2.17. The van der Waals surface area contributed by atoms with E-state index < -0.39 is 47.3 Å². The van der Waals surface area contributed by atoms with Gasteiger partial charge in [0.25, 0.3) is 0 Å². The second-order valence-corrected chi connectivity index (χ2v) is 3.81. The maximum Gasteiger partial charge on any atom is 0.313 e. The van der Waals surface area contributed by atoms with E-state index >= 15 is 0 Å². The van der Waals surface area contributed by atoms with Gasteiger partial charge in [0, 0.05) is 18.7 Å². The SMILES string of the molecule is O=C/C=C\C(=O)NCCC(=O)Oc1c(F)c(F)cc(F)c1F. The van der Waals surface area contributed by atoms with Crippen LogP contribution in [0.15, 0.2) is 18.2 Å². The van der Waals surface area contributed by atoms with E-state index in [1.54, 1.807) is 0 Å². The predicted molar refractivity (Wildman–Crippen MR) is 64.7 cm³/mol. The number of amides is 1. The van der Waals surface area contributed by atoms with Crippen molar-refractivity contribution in [2.45, 2.75) is 6.42 Å². The molecule has 22 heavy (non-hydrogen) atoms. The zero-order valence-electron chi connectivity index (χ0n) is 10.9. The number of ether oxygens (including phenoxy) is 1. The van der Waals surface area contributed by atoms with E-state index in [1.807, 2.05) is 0 Å². The smallest absolute Gasteiger partial charge is 0.313 e. The van der Waals surface area contributed by atoms with Crippen LogP contribution in [0.4, 0.5) is 17.6 Å². The van der Waals surface area contributed by atoms with Crippen molar-refractivity contribution >= 4 is 18.2 Å². The van der Waals surface area contributed by atoms with Crippen LogP contribution in [-0.2, 0) is 14.4 Å². The molecule has 0 aromatic heterocycles. The van der Waals surface area contributed by atoms with Gasteiger partial charge in [-0.1, -0.05) is 0 Å². The molecule has 0 fully saturated rings. The summed E-state index contributed by atoms with van der Waals surface area (Å²) in [6.45, 7) is -0.276. The Morgan fingerprint density at radius 1 is 1.14 bits per heavy atom. The third-order valence-corrected chi connectivity index (χ3v) is 2.24. The lowest BCUT2D eigenvalue weighted by atomic mass is 10.3. The Morgan fingerprint density at radius 3 is 2.27 bits per heavy atom. The van der Waals surface area contributed by atoms with Crippen molar-refractivity contribution < 1.29 is 36.7 Å². The van der Waals surface area contributed by atoms with Gasteiger partial charge in [-0.3, -0.25) is 14.4 Å². The van der Waals surface area contributed by atoms with Crippen LogP contribution in [0.3, 0.4) is 0 Å². The number of carbonyl (C=O) groups excluding carboxylic acids is 3. The molecule has 0 heterocycles. The molecule has 1 N–H and O–H groups in total. The number of hydrogen-bond acceptors (Lipinski definition) is 4. The summed E-state index contributed by atoms with van der Waals surface area (Å²) in [7, 11) is 0. The predicted octanol–water partition coefficient (Wildman–Crippen LogP) is 1.41. The number of hydrogen-bond donors (Lipinski definition) is 1. The highest BCUT2D eigenvalue weighted by Crippen LogP contribution is 2.26. The third-order valence-electron chi connectivity index (χ3n) is 2.24. The standard InChI is InChI=1S/C13H9F4NO4/c14-7-6-8(15)12(17)13(11(7)16)22-10(21)3-4-18-9(20)2-1-5-19/h1-2,5-6H,3-4H2,(H,18,20)/b2-1-. The lowest BCUT2D eigenvalue weighted by molar-refractivity contribution is -0.134. The Morgan fingerprint density at radius 2 is 1.73 bits per heavy atom. The molecule has 1 aromatic carbocycles. The van der Waals surface area contributed by atoms with Gasteiger partial charge in [0.05, 0.1) is 6.42 Å². The fourth-order valence-electron chi connectivity index (χ4n) is 1.28. The molecule has 1 aromatic rings. The molecule has 0 aliphatic carbocycles. The lowest BCUT2D eigenvalue weighted by Crippen LogP contribution is -2.25. The second kappa shape index (κ2) is 7.91. The molecule has 0 saturated carbocycles. The molecule has 0 saturated heterocycles. The van der Waals surface area contributed by atoms with E-state index in [9.17, 15) is 31.9 Å². The summed E-state index contributed by atoms with van der Waals surface area (Å²) in [5.74, 6) is -10.5. The van der Waals surface area contributed by atoms with E-state index in [1.165, 1.54) is 0 Å². The van der Waals surface area contributed by atoms with Gasteiger partial charge in [-0.25, -0.2) is 8.78 Å². The van der Waals surface area contributed by atoms with Gasteiger partial charge in [-0.15, -0.1) is 0 Å². The lowest BCUT2D eigenvalue weighted by Gasteiger charge is -2.08.